The van der Waals surface area contributed by atoms with Crippen LogP contribution in [0.5, 0.6) is 0 Å². The van der Waals surface area contributed by atoms with Crippen molar-refractivity contribution in [2.45, 2.75) is 25.5 Å². The van der Waals surface area contributed by atoms with Gasteiger partial charge in [-0.25, -0.2) is 0 Å². The van der Waals surface area contributed by atoms with Crippen LogP contribution in [0.25, 0.3) is 0 Å². The van der Waals surface area contributed by atoms with Crippen molar-refractivity contribution in [3.8, 4) is 0 Å². The topological polar surface area (TPSA) is 89.5 Å². The number of nitrogens with zero attached hydrogens (tertiary/aromatic N) is 1. The largest absolute Gasteiger partial charge is 0.481 e. The average molecular weight is 259 g/mol. The second-order valence-corrected chi connectivity index (χ2v) is 5.02. The van der Waals surface area contributed by atoms with Crippen LogP contribution in [0.3, 0.4) is 0 Å². The molecule has 0 radical (unpaired) electrons. The van der Waals surface area contributed by atoms with Crippen LogP contribution in [0, 0.1) is 6.92 Å². The van der Waals surface area contributed by atoms with E-state index in [0.29, 0.717) is 10.5 Å². The highest BCUT2D eigenvalue weighted by molar-refractivity contribution is 8.00. The number of carboxylic acids is 1. The minimum absolute atomic E-state index is 0.0152. The Balaban J connectivity index is 2.53. The van der Waals surface area contributed by atoms with E-state index in [0.717, 1.165) is 0 Å². The standard InChI is InChI=1S/C10H13NO5S/c1-6-3-8(12)11(16-6)9(13)5-17-7(2)4-10(14)15/h3,7H,4-5H2,1-2H3,(H,14,15). The van der Waals surface area contributed by atoms with E-state index in [-0.39, 0.29) is 17.4 Å². The second kappa shape index (κ2) is 5.72. The van der Waals surface area contributed by atoms with Gasteiger partial charge in [-0.15, -0.1) is 16.5 Å². The maximum atomic E-state index is 11.6. The first-order chi connectivity index (χ1) is 7.90. The molecule has 0 saturated heterocycles. The molecule has 1 aromatic heterocycles. The molecule has 0 aliphatic carbocycles. The molecule has 94 valence electrons. The van der Waals surface area contributed by atoms with Crippen LogP contribution in [0.15, 0.2) is 15.4 Å². The summed E-state index contributed by atoms with van der Waals surface area (Å²) in [5.74, 6) is -1.01. The lowest BCUT2D eigenvalue weighted by Gasteiger charge is -2.06. The number of carbonyl (C=O) groups is 2. The average Bonchev–Trinajstić information content (AvgIpc) is 2.53. The van der Waals surface area contributed by atoms with Crippen LogP contribution in [0.4, 0.5) is 0 Å². The van der Waals surface area contributed by atoms with Gasteiger partial charge in [-0.2, -0.15) is 0 Å². The molecule has 0 saturated carbocycles. The maximum absolute atomic E-state index is 11.6. The van der Waals surface area contributed by atoms with E-state index < -0.39 is 17.4 Å². The summed E-state index contributed by atoms with van der Waals surface area (Å²) in [4.78, 5) is 33.2. The molecule has 6 nitrogen and oxygen atoms in total. The molecule has 1 aromatic rings. The number of carbonyl (C=O) groups excluding carboxylic acids is 1. The van der Waals surface area contributed by atoms with E-state index >= 15 is 0 Å². The van der Waals surface area contributed by atoms with Crippen LogP contribution < -0.4 is 5.56 Å². The van der Waals surface area contributed by atoms with Gasteiger partial charge in [0.2, 0.25) is 0 Å². The lowest BCUT2D eigenvalue weighted by molar-refractivity contribution is -0.136. The zero-order valence-electron chi connectivity index (χ0n) is 9.50. The number of hydrogen-bond donors (Lipinski definition) is 1. The van der Waals surface area contributed by atoms with Gasteiger partial charge >= 0.3 is 5.97 Å². The van der Waals surface area contributed by atoms with Crippen LogP contribution in [0.2, 0.25) is 0 Å². The van der Waals surface area contributed by atoms with E-state index in [4.69, 9.17) is 9.63 Å². The lowest BCUT2D eigenvalue weighted by Crippen LogP contribution is -2.24. The van der Waals surface area contributed by atoms with Gasteiger partial charge in [-0.3, -0.25) is 14.4 Å². The molecule has 1 rings (SSSR count). The molecule has 0 aromatic carbocycles. The molecule has 17 heavy (non-hydrogen) atoms. The predicted molar refractivity (Wildman–Crippen MR) is 62.5 cm³/mol. The van der Waals surface area contributed by atoms with Crippen LogP contribution in [-0.4, -0.2) is 32.7 Å². The summed E-state index contributed by atoms with van der Waals surface area (Å²) in [5, 5.41) is 8.35. The molecule has 0 spiro atoms. The smallest absolute Gasteiger partial charge is 0.304 e. The van der Waals surface area contributed by atoms with Gasteiger partial charge in [0.15, 0.2) is 0 Å². The van der Waals surface area contributed by atoms with Crippen molar-refractivity contribution in [1.82, 2.24) is 4.74 Å². The highest BCUT2D eigenvalue weighted by Gasteiger charge is 2.15. The second-order valence-electron chi connectivity index (χ2n) is 3.59. The molecular formula is C10H13NO5S. The third kappa shape index (κ3) is 4.10. The molecule has 1 atom stereocenters. The Morgan fingerprint density at radius 3 is 2.71 bits per heavy atom. The van der Waals surface area contributed by atoms with Gasteiger partial charge < -0.3 is 9.63 Å². The van der Waals surface area contributed by atoms with Gasteiger partial charge in [0.05, 0.1) is 12.2 Å². The van der Waals surface area contributed by atoms with Crippen molar-refractivity contribution < 1.29 is 19.2 Å². The predicted octanol–water partition coefficient (Wildman–Crippen LogP) is 0.986. The summed E-state index contributed by atoms with van der Waals surface area (Å²) in [7, 11) is 0. The third-order valence-corrected chi connectivity index (χ3v) is 3.09. The van der Waals surface area contributed by atoms with E-state index in [1.54, 1.807) is 13.8 Å². The first-order valence-corrected chi connectivity index (χ1v) is 6.01. The Morgan fingerprint density at radius 1 is 1.59 bits per heavy atom. The quantitative estimate of drug-likeness (QED) is 0.848. The molecule has 0 fully saturated rings. The Bertz CT molecular complexity index is 475. The Hall–Kier alpha value is -1.50. The van der Waals surface area contributed by atoms with Crippen molar-refractivity contribution in [2.75, 3.05) is 5.75 Å². The van der Waals surface area contributed by atoms with Crippen LogP contribution in [-0.2, 0) is 4.79 Å². The number of carboxylic acid groups (broad SMARTS) is 1. The summed E-state index contributed by atoms with van der Waals surface area (Å²) >= 11 is 1.18. The highest BCUT2D eigenvalue weighted by atomic mass is 32.2. The minimum atomic E-state index is -0.913. The number of aryl methyl sites for hydroxylation is 1. The van der Waals surface area contributed by atoms with E-state index in [2.05, 4.69) is 0 Å². The number of hydrogen-bond acceptors (Lipinski definition) is 5. The normalized spacial score (nSPS) is 12.4. The lowest BCUT2D eigenvalue weighted by atomic mass is 10.3. The summed E-state index contributed by atoms with van der Waals surface area (Å²) in [6, 6.07) is 1.23. The van der Waals surface area contributed by atoms with Crippen LogP contribution >= 0.6 is 11.8 Å². The van der Waals surface area contributed by atoms with E-state index in [1.165, 1.54) is 17.8 Å². The van der Waals surface area contributed by atoms with Crippen molar-refractivity contribution in [1.29, 1.82) is 0 Å². The Labute approximate surface area is 102 Å². The molecule has 0 aliphatic rings. The highest BCUT2D eigenvalue weighted by Crippen LogP contribution is 2.14. The van der Waals surface area contributed by atoms with Gasteiger partial charge in [-0.05, 0) is 6.92 Å². The van der Waals surface area contributed by atoms with E-state index in [9.17, 15) is 14.4 Å². The van der Waals surface area contributed by atoms with Gasteiger partial charge in [0.25, 0.3) is 11.5 Å². The molecule has 1 N–H and O–H groups in total. The van der Waals surface area contributed by atoms with Crippen molar-refractivity contribution >= 4 is 23.6 Å². The molecule has 0 bridgehead atoms. The molecule has 7 heteroatoms. The summed E-state index contributed by atoms with van der Waals surface area (Å²) in [6.45, 7) is 3.29. The van der Waals surface area contributed by atoms with Crippen molar-refractivity contribution in [3.05, 3.63) is 22.2 Å². The van der Waals surface area contributed by atoms with E-state index in [1.807, 2.05) is 0 Å². The van der Waals surface area contributed by atoms with Crippen LogP contribution in [0.1, 0.15) is 23.9 Å². The zero-order valence-corrected chi connectivity index (χ0v) is 10.3. The van der Waals surface area contributed by atoms with Crippen molar-refractivity contribution in [3.63, 3.8) is 0 Å². The zero-order chi connectivity index (χ0) is 13.0. The third-order valence-electron chi connectivity index (χ3n) is 1.94. The first-order valence-electron chi connectivity index (χ1n) is 4.96. The maximum Gasteiger partial charge on any atom is 0.304 e. The number of thioether (sulfide) groups is 1. The molecule has 1 heterocycles. The fraction of sp³-hybridized carbons (Fsp3) is 0.500. The molecule has 1 unspecified atom stereocenters. The Morgan fingerprint density at radius 2 is 2.24 bits per heavy atom. The van der Waals surface area contributed by atoms with Gasteiger partial charge in [0, 0.05) is 11.3 Å². The van der Waals surface area contributed by atoms with Gasteiger partial charge in [-0.1, -0.05) is 6.92 Å². The SMILES string of the molecule is Cc1cc(=O)n(C(=O)CSC(C)CC(=O)O)o1. The fourth-order valence-electron chi connectivity index (χ4n) is 1.20. The number of rotatable bonds is 5. The number of aromatic nitrogens is 1. The summed E-state index contributed by atoms with van der Waals surface area (Å²) < 4.78 is 5.60. The summed E-state index contributed by atoms with van der Waals surface area (Å²) in [6.07, 6.45) is -0.0238. The summed E-state index contributed by atoms with van der Waals surface area (Å²) in [5.41, 5.74) is -0.501. The first kappa shape index (κ1) is 13.6. The molecule has 0 aliphatic heterocycles. The Kier molecular flexibility index (Phi) is 4.56. The molecular weight excluding hydrogens is 246 g/mol. The van der Waals surface area contributed by atoms with Crippen molar-refractivity contribution in [2.24, 2.45) is 0 Å². The van der Waals surface area contributed by atoms with Gasteiger partial charge in [0.1, 0.15) is 5.76 Å². The monoisotopic (exact) mass is 259 g/mol. The minimum Gasteiger partial charge on any atom is -0.481 e. The molecule has 0 amide bonds. The number of aliphatic carboxylic acids is 1. The fourth-order valence-corrected chi connectivity index (χ4v) is 2.00.